The number of piperazine rings is 1. The first-order chi connectivity index (χ1) is 15.7. The van der Waals surface area contributed by atoms with Crippen molar-refractivity contribution in [3.63, 3.8) is 0 Å². The van der Waals surface area contributed by atoms with Gasteiger partial charge in [-0.25, -0.2) is 4.39 Å². The van der Waals surface area contributed by atoms with Crippen LogP contribution in [0.3, 0.4) is 0 Å². The SMILES string of the molecule is CCN(C)C(C)c1cc(Cl)ccc1OCC(=O)N1C[C@@H](C)N(Cc2ccc(F)cc2)C[C@@H]1C. The minimum absolute atomic E-state index is 0.00772. The van der Waals surface area contributed by atoms with Crippen molar-refractivity contribution in [2.24, 2.45) is 0 Å². The van der Waals surface area contributed by atoms with Gasteiger partial charge in [-0.1, -0.05) is 30.7 Å². The summed E-state index contributed by atoms with van der Waals surface area (Å²) in [4.78, 5) is 19.5. The summed E-state index contributed by atoms with van der Waals surface area (Å²) < 4.78 is 19.2. The van der Waals surface area contributed by atoms with Crippen molar-refractivity contribution >= 4 is 17.5 Å². The first-order valence-electron chi connectivity index (χ1n) is 11.6. The summed E-state index contributed by atoms with van der Waals surface area (Å²) in [5, 5.41) is 0.653. The molecule has 1 fully saturated rings. The summed E-state index contributed by atoms with van der Waals surface area (Å²) >= 11 is 6.24. The first kappa shape index (κ1) is 25.5. The van der Waals surface area contributed by atoms with E-state index < -0.39 is 0 Å². The molecule has 7 heteroatoms. The van der Waals surface area contributed by atoms with E-state index in [9.17, 15) is 9.18 Å². The van der Waals surface area contributed by atoms with Gasteiger partial charge in [0.05, 0.1) is 0 Å². The zero-order valence-corrected chi connectivity index (χ0v) is 21.0. The molecule has 33 heavy (non-hydrogen) atoms. The lowest BCUT2D eigenvalue weighted by Gasteiger charge is -2.44. The van der Waals surface area contributed by atoms with Crippen molar-refractivity contribution in [1.29, 1.82) is 0 Å². The number of hydrogen-bond acceptors (Lipinski definition) is 4. The van der Waals surface area contributed by atoms with E-state index in [1.807, 2.05) is 29.2 Å². The fourth-order valence-electron chi connectivity index (χ4n) is 4.30. The van der Waals surface area contributed by atoms with Gasteiger partial charge >= 0.3 is 0 Å². The van der Waals surface area contributed by atoms with Crippen molar-refractivity contribution in [2.45, 2.75) is 52.4 Å². The van der Waals surface area contributed by atoms with Crippen molar-refractivity contribution in [1.82, 2.24) is 14.7 Å². The second-order valence-electron chi connectivity index (χ2n) is 9.02. The van der Waals surface area contributed by atoms with Crippen LogP contribution in [0.4, 0.5) is 4.39 Å². The molecule has 0 bridgehead atoms. The lowest BCUT2D eigenvalue weighted by molar-refractivity contribution is -0.139. The van der Waals surface area contributed by atoms with Gasteiger partial charge in [0, 0.05) is 48.3 Å². The lowest BCUT2D eigenvalue weighted by Crippen LogP contribution is -2.58. The van der Waals surface area contributed by atoms with Gasteiger partial charge in [-0.2, -0.15) is 0 Å². The third kappa shape index (κ3) is 6.46. The number of carbonyl (C=O) groups excluding carboxylic acids is 1. The van der Waals surface area contributed by atoms with Crippen LogP contribution in [0.25, 0.3) is 0 Å². The average Bonchev–Trinajstić information content (AvgIpc) is 2.80. The largest absolute Gasteiger partial charge is 0.483 e. The molecule has 180 valence electrons. The van der Waals surface area contributed by atoms with Crippen molar-refractivity contribution in [3.8, 4) is 5.75 Å². The smallest absolute Gasteiger partial charge is 0.260 e. The van der Waals surface area contributed by atoms with Crippen molar-refractivity contribution < 1.29 is 13.9 Å². The van der Waals surface area contributed by atoms with E-state index >= 15 is 0 Å². The predicted molar refractivity (Wildman–Crippen MR) is 131 cm³/mol. The maximum atomic E-state index is 13.2. The molecule has 0 spiro atoms. The van der Waals surface area contributed by atoms with E-state index in [2.05, 4.69) is 44.5 Å². The molecule has 0 saturated carbocycles. The van der Waals surface area contributed by atoms with Gasteiger partial charge in [0.25, 0.3) is 5.91 Å². The standard InChI is InChI=1S/C26H35ClFN3O2/c1-6-29(5)20(4)24-13-22(27)9-12-25(24)33-17-26(32)31-15-18(2)30(14-19(31)3)16-21-7-10-23(28)11-8-21/h7-13,18-20H,6,14-17H2,1-5H3/t18-,19+,20?/m1/s1. The fourth-order valence-corrected chi connectivity index (χ4v) is 4.48. The van der Waals surface area contributed by atoms with E-state index in [1.54, 1.807) is 6.07 Å². The quantitative estimate of drug-likeness (QED) is 0.538. The van der Waals surface area contributed by atoms with Crippen LogP contribution in [0.15, 0.2) is 42.5 Å². The molecule has 1 saturated heterocycles. The van der Waals surface area contributed by atoms with Gasteiger partial charge in [-0.15, -0.1) is 0 Å². The molecule has 1 aliphatic rings. The number of hydrogen-bond donors (Lipinski definition) is 0. The number of benzene rings is 2. The molecule has 0 aromatic heterocycles. The molecule has 1 unspecified atom stereocenters. The molecule has 1 aliphatic heterocycles. The zero-order chi connectivity index (χ0) is 24.1. The topological polar surface area (TPSA) is 36.0 Å². The summed E-state index contributed by atoms with van der Waals surface area (Å²) in [6.45, 7) is 11.4. The van der Waals surface area contributed by atoms with Gasteiger partial charge in [0.2, 0.25) is 0 Å². The van der Waals surface area contributed by atoms with E-state index in [4.69, 9.17) is 16.3 Å². The molecular formula is C26H35ClFN3O2. The number of amides is 1. The van der Waals surface area contributed by atoms with E-state index in [0.29, 0.717) is 17.3 Å². The van der Waals surface area contributed by atoms with E-state index in [0.717, 1.165) is 30.8 Å². The molecule has 0 radical (unpaired) electrons. The van der Waals surface area contributed by atoms with Gasteiger partial charge in [0.1, 0.15) is 11.6 Å². The van der Waals surface area contributed by atoms with Crippen LogP contribution in [0, 0.1) is 5.82 Å². The maximum absolute atomic E-state index is 13.2. The normalized spacial score (nSPS) is 20.2. The molecule has 1 heterocycles. The van der Waals surface area contributed by atoms with Crippen LogP contribution >= 0.6 is 11.6 Å². The number of carbonyl (C=O) groups is 1. The highest BCUT2D eigenvalue weighted by Crippen LogP contribution is 2.31. The van der Waals surface area contributed by atoms with E-state index in [-0.39, 0.29) is 36.5 Å². The number of nitrogens with zero attached hydrogens (tertiary/aromatic N) is 3. The highest BCUT2D eigenvalue weighted by atomic mass is 35.5. The lowest BCUT2D eigenvalue weighted by atomic mass is 10.1. The first-order valence-corrected chi connectivity index (χ1v) is 12.0. The summed E-state index contributed by atoms with van der Waals surface area (Å²) in [7, 11) is 2.05. The van der Waals surface area contributed by atoms with Gasteiger partial charge in [-0.05, 0) is 70.3 Å². The average molecular weight is 476 g/mol. The van der Waals surface area contributed by atoms with Crippen LogP contribution in [-0.4, -0.2) is 66.0 Å². The Morgan fingerprint density at radius 1 is 1.18 bits per heavy atom. The minimum Gasteiger partial charge on any atom is -0.483 e. The number of ether oxygens (including phenoxy) is 1. The molecule has 1 amide bonds. The third-order valence-corrected chi connectivity index (χ3v) is 6.90. The molecule has 0 N–H and O–H groups in total. The molecule has 2 aromatic rings. The highest BCUT2D eigenvalue weighted by molar-refractivity contribution is 6.30. The predicted octanol–water partition coefficient (Wildman–Crippen LogP) is 4.99. The highest BCUT2D eigenvalue weighted by Gasteiger charge is 2.32. The minimum atomic E-state index is -0.227. The van der Waals surface area contributed by atoms with Crippen LogP contribution in [-0.2, 0) is 11.3 Å². The Balaban J connectivity index is 1.62. The van der Waals surface area contributed by atoms with Gasteiger partial charge in [0.15, 0.2) is 6.61 Å². The second kappa shape index (κ2) is 11.3. The summed E-state index contributed by atoms with van der Waals surface area (Å²) in [6, 6.07) is 12.5. The molecule has 5 nitrogen and oxygen atoms in total. The van der Waals surface area contributed by atoms with Crippen molar-refractivity contribution in [2.75, 3.05) is 33.3 Å². The Hall–Kier alpha value is -2.15. The third-order valence-electron chi connectivity index (χ3n) is 6.67. The Labute approximate surface area is 202 Å². The fraction of sp³-hybridized carbons (Fsp3) is 0.500. The molecule has 2 aromatic carbocycles. The van der Waals surface area contributed by atoms with Gasteiger partial charge < -0.3 is 9.64 Å². The Morgan fingerprint density at radius 3 is 2.55 bits per heavy atom. The Bertz CT molecular complexity index is 940. The molecule has 3 rings (SSSR count). The molecule has 0 aliphatic carbocycles. The number of rotatable bonds is 8. The van der Waals surface area contributed by atoms with Crippen molar-refractivity contribution in [3.05, 3.63) is 64.4 Å². The summed E-state index contributed by atoms with van der Waals surface area (Å²) in [6.07, 6.45) is 0. The Morgan fingerprint density at radius 2 is 1.88 bits per heavy atom. The van der Waals surface area contributed by atoms with Crippen LogP contribution in [0.5, 0.6) is 5.75 Å². The summed E-state index contributed by atoms with van der Waals surface area (Å²) in [5.74, 6) is 0.444. The molecule has 3 atom stereocenters. The number of halogens is 2. The van der Waals surface area contributed by atoms with Crippen LogP contribution in [0.1, 0.15) is 44.9 Å². The monoisotopic (exact) mass is 475 g/mol. The van der Waals surface area contributed by atoms with Crippen LogP contribution < -0.4 is 4.74 Å². The summed E-state index contributed by atoms with van der Waals surface area (Å²) in [5.41, 5.74) is 2.05. The Kier molecular flexibility index (Phi) is 8.74. The van der Waals surface area contributed by atoms with Crippen LogP contribution in [0.2, 0.25) is 5.02 Å². The second-order valence-corrected chi connectivity index (χ2v) is 9.46. The zero-order valence-electron chi connectivity index (χ0n) is 20.2. The molecular weight excluding hydrogens is 441 g/mol. The maximum Gasteiger partial charge on any atom is 0.260 e. The van der Waals surface area contributed by atoms with E-state index in [1.165, 1.54) is 12.1 Å². The van der Waals surface area contributed by atoms with Gasteiger partial charge in [-0.3, -0.25) is 14.6 Å².